The molecule has 0 radical (unpaired) electrons. The molecule has 0 fully saturated rings. The van der Waals surface area contributed by atoms with Crippen LogP contribution in [0.3, 0.4) is 0 Å². The lowest BCUT2D eigenvalue weighted by Crippen LogP contribution is -1.98. The van der Waals surface area contributed by atoms with Gasteiger partial charge in [0.15, 0.2) is 0 Å². The van der Waals surface area contributed by atoms with Crippen LogP contribution >= 0.6 is 27.7 Å². The lowest BCUT2D eigenvalue weighted by Gasteiger charge is -2.04. The van der Waals surface area contributed by atoms with Crippen LogP contribution in [0.2, 0.25) is 0 Å². The van der Waals surface area contributed by atoms with E-state index in [4.69, 9.17) is 5.11 Å². The van der Waals surface area contributed by atoms with Gasteiger partial charge in [-0.25, -0.2) is 4.79 Å². The second-order valence-electron chi connectivity index (χ2n) is 3.80. The van der Waals surface area contributed by atoms with Crippen LogP contribution in [0.1, 0.15) is 10.4 Å². The predicted molar refractivity (Wildman–Crippen MR) is 78.3 cm³/mol. The van der Waals surface area contributed by atoms with Gasteiger partial charge in [0.1, 0.15) is 0 Å². The number of carbonyl (C=O) groups is 1. The van der Waals surface area contributed by atoms with Crippen LogP contribution in [-0.4, -0.2) is 16.0 Å². The molecule has 20 heavy (non-hydrogen) atoms. The molecule has 1 N–H and O–H groups in total. The zero-order valence-electron chi connectivity index (χ0n) is 9.95. The van der Waals surface area contributed by atoms with Gasteiger partial charge in [-0.3, -0.25) is 10.1 Å². The smallest absolute Gasteiger partial charge is 0.335 e. The number of nitro groups is 1. The maximum atomic E-state index is 11.0. The van der Waals surface area contributed by atoms with E-state index in [2.05, 4.69) is 15.9 Å². The van der Waals surface area contributed by atoms with Gasteiger partial charge in [0.25, 0.3) is 5.69 Å². The molecule has 5 nitrogen and oxygen atoms in total. The molecule has 0 heterocycles. The van der Waals surface area contributed by atoms with E-state index in [1.54, 1.807) is 12.1 Å². The molecule has 0 amide bonds. The van der Waals surface area contributed by atoms with Gasteiger partial charge in [0.2, 0.25) is 0 Å². The van der Waals surface area contributed by atoms with Crippen molar-refractivity contribution < 1.29 is 14.8 Å². The first-order valence-corrected chi connectivity index (χ1v) is 7.03. The molecule has 2 aromatic rings. The Morgan fingerprint density at radius 1 is 1.20 bits per heavy atom. The number of halogens is 1. The van der Waals surface area contributed by atoms with E-state index in [-0.39, 0.29) is 11.3 Å². The number of nitrogens with zero attached hydrogens (tertiary/aromatic N) is 1. The lowest BCUT2D eigenvalue weighted by atomic mass is 10.2. The fraction of sp³-hybridized carbons (Fsp3) is 0. The van der Waals surface area contributed by atoms with Gasteiger partial charge in [0, 0.05) is 15.4 Å². The van der Waals surface area contributed by atoms with E-state index in [0.717, 1.165) is 21.1 Å². The molecule has 0 spiro atoms. The Kier molecular flexibility index (Phi) is 4.41. The van der Waals surface area contributed by atoms with Crippen molar-refractivity contribution in [2.24, 2.45) is 0 Å². The summed E-state index contributed by atoms with van der Waals surface area (Å²) >= 11 is 4.46. The predicted octanol–water partition coefficient (Wildman–Crippen LogP) is 4.21. The van der Waals surface area contributed by atoms with Gasteiger partial charge >= 0.3 is 5.97 Å². The second-order valence-corrected chi connectivity index (χ2v) is 5.83. The topological polar surface area (TPSA) is 80.4 Å². The maximum absolute atomic E-state index is 11.0. The number of carboxylic acid groups (broad SMARTS) is 1. The van der Waals surface area contributed by atoms with Gasteiger partial charge in [-0.15, -0.1) is 0 Å². The molecule has 0 aromatic heterocycles. The first-order valence-electron chi connectivity index (χ1n) is 5.42. The van der Waals surface area contributed by atoms with Gasteiger partial charge in [0.05, 0.1) is 15.4 Å². The number of carboxylic acids is 1. The fourth-order valence-electron chi connectivity index (χ4n) is 1.51. The Balaban J connectivity index is 2.41. The number of hydrogen-bond acceptors (Lipinski definition) is 4. The van der Waals surface area contributed by atoms with Crippen LogP contribution in [0, 0.1) is 10.1 Å². The third-order valence-corrected chi connectivity index (χ3v) is 4.03. The molecule has 0 unspecified atom stereocenters. The average Bonchev–Trinajstić information content (AvgIpc) is 2.41. The monoisotopic (exact) mass is 353 g/mol. The average molecular weight is 354 g/mol. The standard InChI is InChI=1S/C13H8BrNO4S/c14-9-2-4-10(5-3-9)20-12-7-8(13(16)17)1-6-11(12)15(18)19/h1-7H,(H,16,17). The maximum Gasteiger partial charge on any atom is 0.335 e. The largest absolute Gasteiger partial charge is 0.478 e. The van der Waals surface area contributed by atoms with Crippen LogP contribution in [0.15, 0.2) is 56.7 Å². The summed E-state index contributed by atoms with van der Waals surface area (Å²) in [5.41, 5.74) is -0.0851. The third kappa shape index (κ3) is 3.37. The summed E-state index contributed by atoms with van der Waals surface area (Å²) in [7, 11) is 0. The van der Waals surface area contributed by atoms with E-state index < -0.39 is 10.9 Å². The lowest BCUT2D eigenvalue weighted by molar-refractivity contribution is -0.387. The number of nitro benzene ring substituents is 1. The Morgan fingerprint density at radius 2 is 1.85 bits per heavy atom. The van der Waals surface area contributed by atoms with Crippen molar-refractivity contribution in [1.82, 2.24) is 0 Å². The SMILES string of the molecule is O=C(O)c1ccc([N+](=O)[O-])c(Sc2ccc(Br)cc2)c1. The van der Waals surface area contributed by atoms with Crippen LogP contribution < -0.4 is 0 Å². The highest BCUT2D eigenvalue weighted by molar-refractivity contribution is 9.10. The molecule has 0 saturated heterocycles. The van der Waals surface area contributed by atoms with E-state index in [9.17, 15) is 14.9 Å². The number of benzene rings is 2. The van der Waals surface area contributed by atoms with Crippen molar-refractivity contribution in [3.05, 3.63) is 62.6 Å². The van der Waals surface area contributed by atoms with Crippen LogP contribution in [0.25, 0.3) is 0 Å². The van der Waals surface area contributed by atoms with E-state index in [0.29, 0.717) is 4.90 Å². The molecule has 2 rings (SSSR count). The van der Waals surface area contributed by atoms with Crippen molar-refractivity contribution in [1.29, 1.82) is 0 Å². The minimum Gasteiger partial charge on any atom is -0.478 e. The minimum atomic E-state index is -1.11. The Labute approximate surface area is 126 Å². The molecule has 7 heteroatoms. The highest BCUT2D eigenvalue weighted by Gasteiger charge is 2.17. The molecule has 0 atom stereocenters. The Hall–Kier alpha value is -1.86. The minimum absolute atomic E-state index is 0.0233. The molecule has 0 bridgehead atoms. The first kappa shape index (κ1) is 14.5. The molecular formula is C13H8BrNO4S. The highest BCUT2D eigenvalue weighted by Crippen LogP contribution is 2.35. The summed E-state index contributed by atoms with van der Waals surface area (Å²) in [6.07, 6.45) is 0. The third-order valence-electron chi connectivity index (χ3n) is 2.44. The molecule has 0 aliphatic rings. The van der Waals surface area contributed by atoms with Crippen molar-refractivity contribution in [3.63, 3.8) is 0 Å². The zero-order valence-corrected chi connectivity index (χ0v) is 12.3. The van der Waals surface area contributed by atoms with Crippen molar-refractivity contribution in [2.45, 2.75) is 9.79 Å². The fourth-order valence-corrected chi connectivity index (χ4v) is 2.73. The summed E-state index contributed by atoms with van der Waals surface area (Å²) in [5, 5.41) is 19.9. The zero-order chi connectivity index (χ0) is 14.7. The summed E-state index contributed by atoms with van der Waals surface area (Å²) in [4.78, 5) is 22.5. The molecule has 2 aromatic carbocycles. The Morgan fingerprint density at radius 3 is 2.40 bits per heavy atom. The number of rotatable bonds is 4. The van der Waals surface area contributed by atoms with Crippen molar-refractivity contribution in [2.75, 3.05) is 0 Å². The molecule has 0 saturated carbocycles. The van der Waals surface area contributed by atoms with Crippen LogP contribution in [0.4, 0.5) is 5.69 Å². The molecule has 0 aliphatic carbocycles. The van der Waals surface area contributed by atoms with Crippen molar-refractivity contribution >= 4 is 39.3 Å². The van der Waals surface area contributed by atoms with Crippen LogP contribution in [0.5, 0.6) is 0 Å². The summed E-state index contributed by atoms with van der Waals surface area (Å²) in [5.74, 6) is -1.11. The van der Waals surface area contributed by atoms with Gasteiger partial charge in [-0.2, -0.15) is 0 Å². The van der Waals surface area contributed by atoms with E-state index in [1.165, 1.54) is 18.2 Å². The Bertz CT molecular complexity index is 673. The van der Waals surface area contributed by atoms with Gasteiger partial charge in [-0.1, -0.05) is 27.7 Å². The van der Waals surface area contributed by atoms with Crippen molar-refractivity contribution in [3.8, 4) is 0 Å². The van der Waals surface area contributed by atoms with Gasteiger partial charge in [-0.05, 0) is 36.4 Å². The quantitative estimate of drug-likeness (QED) is 0.657. The summed E-state index contributed by atoms with van der Waals surface area (Å²) in [6.45, 7) is 0. The molecular weight excluding hydrogens is 346 g/mol. The normalized spacial score (nSPS) is 10.2. The molecule has 0 aliphatic heterocycles. The van der Waals surface area contributed by atoms with E-state index >= 15 is 0 Å². The van der Waals surface area contributed by atoms with Crippen LogP contribution in [-0.2, 0) is 0 Å². The summed E-state index contributed by atoms with van der Waals surface area (Å²) in [6, 6.07) is 11.0. The molecule has 102 valence electrons. The number of aromatic carboxylic acids is 1. The number of hydrogen-bond donors (Lipinski definition) is 1. The second kappa shape index (κ2) is 6.06. The van der Waals surface area contributed by atoms with Gasteiger partial charge < -0.3 is 5.11 Å². The first-order chi connectivity index (χ1) is 9.47. The summed E-state index contributed by atoms with van der Waals surface area (Å²) < 4.78 is 0.899. The van der Waals surface area contributed by atoms with E-state index in [1.807, 2.05) is 12.1 Å². The highest BCUT2D eigenvalue weighted by atomic mass is 79.9.